The number of carbonyl (C=O) groups is 2. The van der Waals surface area contributed by atoms with Gasteiger partial charge in [0.1, 0.15) is 16.9 Å². The summed E-state index contributed by atoms with van der Waals surface area (Å²) in [6.45, 7) is -0.571. The highest BCUT2D eigenvalue weighted by atomic mass is 35.5. The Balaban J connectivity index is 1.64. The molecule has 24 heavy (non-hydrogen) atoms. The summed E-state index contributed by atoms with van der Waals surface area (Å²) in [7, 11) is 0. The molecule has 0 bridgehead atoms. The predicted molar refractivity (Wildman–Crippen MR) is 87.7 cm³/mol. The van der Waals surface area contributed by atoms with Crippen LogP contribution >= 0.6 is 23.3 Å². The molecule has 6 nitrogen and oxygen atoms in total. The van der Waals surface area contributed by atoms with E-state index in [0.717, 1.165) is 23.9 Å². The lowest BCUT2D eigenvalue weighted by Crippen LogP contribution is -2.21. The van der Waals surface area contributed by atoms with E-state index in [4.69, 9.17) is 16.3 Å². The second-order valence-corrected chi connectivity index (χ2v) is 5.65. The second-order valence-electron chi connectivity index (χ2n) is 4.69. The van der Waals surface area contributed by atoms with Crippen LogP contribution in [0.2, 0.25) is 5.02 Å². The van der Waals surface area contributed by atoms with Crippen molar-refractivity contribution >= 4 is 51.9 Å². The van der Waals surface area contributed by atoms with Crippen LogP contribution in [0.1, 0.15) is 10.4 Å². The van der Waals surface area contributed by atoms with Gasteiger partial charge in [-0.15, -0.1) is 0 Å². The van der Waals surface area contributed by atoms with Crippen LogP contribution in [-0.4, -0.2) is 27.2 Å². The van der Waals surface area contributed by atoms with Gasteiger partial charge in [0.25, 0.3) is 5.91 Å². The van der Waals surface area contributed by atoms with E-state index in [1.807, 2.05) is 0 Å². The summed E-state index contributed by atoms with van der Waals surface area (Å²) in [5, 5.41) is 2.76. The van der Waals surface area contributed by atoms with Crippen molar-refractivity contribution in [2.75, 3.05) is 11.9 Å². The molecule has 0 aliphatic heterocycles. The number of ether oxygens (including phenoxy) is 1. The van der Waals surface area contributed by atoms with Crippen LogP contribution in [0.15, 0.2) is 36.4 Å². The lowest BCUT2D eigenvalue weighted by Gasteiger charge is -2.07. The Morgan fingerprint density at radius 1 is 1.25 bits per heavy atom. The molecule has 0 unspecified atom stereocenters. The molecule has 1 heterocycles. The quantitative estimate of drug-likeness (QED) is 0.717. The summed E-state index contributed by atoms with van der Waals surface area (Å²) in [5.41, 5.74) is 1.32. The molecule has 3 aromatic rings. The molecule has 0 aliphatic carbocycles. The maximum atomic E-state index is 13.6. The molecule has 0 radical (unpaired) electrons. The van der Waals surface area contributed by atoms with Gasteiger partial charge < -0.3 is 10.1 Å². The third-order valence-corrected chi connectivity index (χ3v) is 3.82. The number of carbonyl (C=O) groups excluding carboxylic acids is 2. The van der Waals surface area contributed by atoms with Crippen molar-refractivity contribution in [3.63, 3.8) is 0 Å². The minimum Gasteiger partial charge on any atom is -0.452 e. The summed E-state index contributed by atoms with van der Waals surface area (Å²) < 4.78 is 26.5. The first-order valence-electron chi connectivity index (χ1n) is 6.68. The first kappa shape index (κ1) is 16.3. The van der Waals surface area contributed by atoms with Gasteiger partial charge in [0.15, 0.2) is 6.61 Å². The number of aromatic nitrogens is 2. The number of halogens is 2. The van der Waals surface area contributed by atoms with E-state index in [1.165, 1.54) is 6.07 Å². The SMILES string of the molecule is O=C(COC(=O)c1cc(Cl)ccc1F)Nc1cccc2nsnc12. The average Bonchev–Trinajstić information content (AvgIpc) is 3.04. The second kappa shape index (κ2) is 6.90. The normalized spacial score (nSPS) is 10.6. The van der Waals surface area contributed by atoms with Crippen LogP contribution < -0.4 is 5.32 Å². The Morgan fingerprint density at radius 3 is 2.92 bits per heavy atom. The standard InChI is InChI=1S/C15H9ClFN3O3S/c16-8-4-5-10(17)9(6-8)15(22)23-7-13(21)18-11-2-1-3-12-14(11)20-24-19-12/h1-6H,7H2,(H,18,21). The minimum absolute atomic E-state index is 0.190. The van der Waals surface area contributed by atoms with E-state index in [9.17, 15) is 14.0 Å². The molecule has 0 fully saturated rings. The van der Waals surface area contributed by atoms with Gasteiger partial charge in [0.2, 0.25) is 0 Å². The molecule has 0 atom stereocenters. The van der Waals surface area contributed by atoms with Gasteiger partial charge in [0.05, 0.1) is 23.0 Å². The topological polar surface area (TPSA) is 81.2 Å². The van der Waals surface area contributed by atoms with Gasteiger partial charge in [-0.25, -0.2) is 9.18 Å². The van der Waals surface area contributed by atoms with Gasteiger partial charge in [0, 0.05) is 5.02 Å². The highest BCUT2D eigenvalue weighted by Gasteiger charge is 2.16. The molecule has 0 saturated carbocycles. The monoisotopic (exact) mass is 365 g/mol. The first-order valence-corrected chi connectivity index (χ1v) is 7.79. The van der Waals surface area contributed by atoms with Gasteiger partial charge >= 0.3 is 5.97 Å². The van der Waals surface area contributed by atoms with E-state index >= 15 is 0 Å². The maximum absolute atomic E-state index is 13.6. The number of hydrogen-bond acceptors (Lipinski definition) is 6. The molecule has 0 aliphatic rings. The fourth-order valence-electron chi connectivity index (χ4n) is 1.96. The number of anilines is 1. The number of esters is 1. The van der Waals surface area contributed by atoms with Gasteiger partial charge in [-0.2, -0.15) is 8.75 Å². The lowest BCUT2D eigenvalue weighted by atomic mass is 10.2. The van der Waals surface area contributed by atoms with Crippen molar-refractivity contribution in [3.8, 4) is 0 Å². The zero-order valence-electron chi connectivity index (χ0n) is 12.0. The molecule has 9 heteroatoms. The van der Waals surface area contributed by atoms with Crippen LogP contribution in [0.25, 0.3) is 11.0 Å². The van der Waals surface area contributed by atoms with Crippen LogP contribution in [0.4, 0.5) is 10.1 Å². The van der Waals surface area contributed by atoms with E-state index in [2.05, 4.69) is 14.1 Å². The van der Waals surface area contributed by atoms with Gasteiger partial charge in [-0.3, -0.25) is 4.79 Å². The minimum atomic E-state index is -0.973. The van der Waals surface area contributed by atoms with E-state index in [1.54, 1.807) is 18.2 Å². The van der Waals surface area contributed by atoms with Crippen LogP contribution in [0.3, 0.4) is 0 Å². The van der Waals surface area contributed by atoms with Crippen LogP contribution in [0.5, 0.6) is 0 Å². The van der Waals surface area contributed by atoms with Gasteiger partial charge in [-0.05, 0) is 30.3 Å². The van der Waals surface area contributed by atoms with Crippen molar-refractivity contribution < 1.29 is 18.7 Å². The zero-order valence-corrected chi connectivity index (χ0v) is 13.5. The number of benzene rings is 2. The molecule has 2 aromatic carbocycles. The number of rotatable bonds is 4. The number of amides is 1. The molecule has 1 N–H and O–H groups in total. The predicted octanol–water partition coefficient (Wildman–Crippen LogP) is 3.28. The van der Waals surface area contributed by atoms with Crippen molar-refractivity contribution in [1.29, 1.82) is 0 Å². The van der Waals surface area contributed by atoms with Crippen LogP contribution in [-0.2, 0) is 9.53 Å². The number of fused-ring (bicyclic) bond motifs is 1. The molecule has 3 rings (SSSR count). The van der Waals surface area contributed by atoms with E-state index in [-0.39, 0.29) is 10.6 Å². The molecule has 122 valence electrons. The molecule has 1 amide bonds. The molecular weight excluding hydrogens is 357 g/mol. The Bertz CT molecular complexity index is 931. The fraction of sp³-hybridized carbons (Fsp3) is 0.0667. The lowest BCUT2D eigenvalue weighted by molar-refractivity contribution is -0.119. The highest BCUT2D eigenvalue weighted by Crippen LogP contribution is 2.21. The maximum Gasteiger partial charge on any atom is 0.341 e. The number of nitrogens with one attached hydrogen (secondary N) is 1. The Hall–Kier alpha value is -2.58. The molecule has 1 aromatic heterocycles. The van der Waals surface area contributed by atoms with E-state index in [0.29, 0.717) is 16.7 Å². The van der Waals surface area contributed by atoms with Gasteiger partial charge in [-0.1, -0.05) is 17.7 Å². The zero-order chi connectivity index (χ0) is 17.1. The van der Waals surface area contributed by atoms with Crippen molar-refractivity contribution in [3.05, 3.63) is 52.8 Å². The summed E-state index contributed by atoms with van der Waals surface area (Å²) in [6, 6.07) is 8.62. The first-order chi connectivity index (χ1) is 11.5. The Labute approximate surface area is 144 Å². The number of nitrogens with zero attached hydrogens (tertiary/aromatic N) is 2. The largest absolute Gasteiger partial charge is 0.452 e. The number of hydrogen-bond donors (Lipinski definition) is 1. The average molecular weight is 366 g/mol. The van der Waals surface area contributed by atoms with E-state index < -0.39 is 24.3 Å². The fourth-order valence-corrected chi connectivity index (χ4v) is 2.68. The summed E-state index contributed by atoms with van der Waals surface area (Å²) in [5.74, 6) is -2.33. The molecular formula is C15H9ClFN3O3S. The Kier molecular flexibility index (Phi) is 4.68. The summed E-state index contributed by atoms with van der Waals surface area (Å²) in [4.78, 5) is 23.7. The highest BCUT2D eigenvalue weighted by molar-refractivity contribution is 7.00. The third-order valence-electron chi connectivity index (χ3n) is 3.04. The Morgan fingerprint density at radius 2 is 2.08 bits per heavy atom. The summed E-state index contributed by atoms with van der Waals surface area (Å²) >= 11 is 6.73. The van der Waals surface area contributed by atoms with Crippen molar-refractivity contribution in [1.82, 2.24) is 8.75 Å². The smallest absolute Gasteiger partial charge is 0.341 e. The molecule has 0 spiro atoms. The van der Waals surface area contributed by atoms with Crippen LogP contribution in [0, 0.1) is 5.82 Å². The molecule has 0 saturated heterocycles. The van der Waals surface area contributed by atoms with Crippen molar-refractivity contribution in [2.45, 2.75) is 0 Å². The summed E-state index contributed by atoms with van der Waals surface area (Å²) in [6.07, 6.45) is 0. The third kappa shape index (κ3) is 3.50. The van der Waals surface area contributed by atoms with Crippen molar-refractivity contribution in [2.24, 2.45) is 0 Å².